The summed E-state index contributed by atoms with van der Waals surface area (Å²) in [6, 6.07) is 13.6. The normalized spacial score (nSPS) is 15.3. The average molecular weight is 565 g/mol. The summed E-state index contributed by atoms with van der Waals surface area (Å²) in [5.74, 6) is 2.39. The summed E-state index contributed by atoms with van der Waals surface area (Å²) in [4.78, 5) is 25.1. The molecule has 1 saturated carbocycles. The van der Waals surface area contributed by atoms with Gasteiger partial charge in [0.25, 0.3) is 5.91 Å². The number of hydrogen-bond acceptors (Lipinski definition) is 5. The fourth-order valence-corrected chi connectivity index (χ4v) is 6.53. The van der Waals surface area contributed by atoms with E-state index in [1.807, 2.05) is 61.3 Å². The quantitative estimate of drug-likeness (QED) is 0.226. The third kappa shape index (κ3) is 10.9. The molecule has 1 aliphatic rings. The molecule has 2 atom stereocenters. The van der Waals surface area contributed by atoms with Crippen molar-refractivity contribution < 1.29 is 14.7 Å². The van der Waals surface area contributed by atoms with Gasteiger partial charge in [-0.1, -0.05) is 69.4 Å². The first-order valence-corrected chi connectivity index (χ1v) is 16.5. The number of aliphatic carboxylic acids is 1. The van der Waals surface area contributed by atoms with Gasteiger partial charge in [-0.05, 0) is 77.8 Å². The number of carboxylic acids is 1. The average Bonchev–Trinajstić information content (AvgIpc) is 2.93. The minimum absolute atomic E-state index is 0. The Kier molecular flexibility index (Phi) is 15.7. The van der Waals surface area contributed by atoms with Gasteiger partial charge in [0.2, 0.25) is 0 Å². The van der Waals surface area contributed by atoms with Gasteiger partial charge in [0.1, 0.15) is 6.04 Å². The zero-order valence-corrected chi connectivity index (χ0v) is 24.8. The SMILES string of the molecule is CCSCC(CC1CCCCC1)NCc1ccc(C(=O)NC(CCSC)C(=O)O)c(-c2ccccc2C)c1.[LiH]. The molecule has 0 aromatic heterocycles. The van der Waals surface area contributed by atoms with Crippen LogP contribution in [0, 0.1) is 12.8 Å². The van der Waals surface area contributed by atoms with E-state index in [1.165, 1.54) is 38.5 Å². The van der Waals surface area contributed by atoms with E-state index in [4.69, 9.17) is 0 Å². The van der Waals surface area contributed by atoms with Gasteiger partial charge in [-0.25, -0.2) is 4.79 Å². The number of amides is 1. The molecule has 2 aromatic carbocycles. The van der Waals surface area contributed by atoms with Crippen LogP contribution in [0.2, 0.25) is 0 Å². The van der Waals surface area contributed by atoms with E-state index in [-0.39, 0.29) is 24.8 Å². The van der Waals surface area contributed by atoms with Crippen LogP contribution in [-0.2, 0) is 11.3 Å². The van der Waals surface area contributed by atoms with Crippen molar-refractivity contribution in [1.29, 1.82) is 0 Å². The van der Waals surface area contributed by atoms with E-state index in [0.29, 0.717) is 23.8 Å². The van der Waals surface area contributed by atoms with Gasteiger partial charge in [-0.3, -0.25) is 4.79 Å². The Morgan fingerprint density at radius 2 is 1.82 bits per heavy atom. The van der Waals surface area contributed by atoms with E-state index in [0.717, 1.165) is 46.2 Å². The summed E-state index contributed by atoms with van der Waals surface area (Å²) in [7, 11) is 0. The van der Waals surface area contributed by atoms with Gasteiger partial charge >= 0.3 is 24.8 Å². The van der Waals surface area contributed by atoms with E-state index in [2.05, 4.69) is 23.6 Å². The van der Waals surface area contributed by atoms with Crippen molar-refractivity contribution in [2.45, 2.75) is 77.4 Å². The molecule has 3 rings (SSSR count). The second-order valence-electron chi connectivity index (χ2n) is 10.3. The number of benzene rings is 2. The van der Waals surface area contributed by atoms with Crippen LogP contribution in [0.3, 0.4) is 0 Å². The van der Waals surface area contributed by atoms with Crippen molar-refractivity contribution in [1.82, 2.24) is 10.6 Å². The zero-order chi connectivity index (χ0) is 27.3. The van der Waals surface area contributed by atoms with E-state index in [1.54, 1.807) is 11.8 Å². The van der Waals surface area contributed by atoms with Crippen molar-refractivity contribution in [2.24, 2.45) is 5.92 Å². The Morgan fingerprint density at radius 1 is 1.08 bits per heavy atom. The number of carbonyl (C=O) groups excluding carboxylic acids is 1. The number of nitrogens with one attached hydrogen (secondary N) is 2. The van der Waals surface area contributed by atoms with Crippen LogP contribution in [-0.4, -0.2) is 71.4 Å². The molecule has 8 heteroatoms. The van der Waals surface area contributed by atoms with Crippen molar-refractivity contribution in [3.8, 4) is 11.1 Å². The number of hydrogen-bond donors (Lipinski definition) is 3. The van der Waals surface area contributed by atoms with Crippen molar-refractivity contribution >= 4 is 54.3 Å². The molecular weight excluding hydrogens is 519 g/mol. The molecule has 3 N–H and O–H groups in total. The Bertz CT molecular complexity index is 1050. The minimum atomic E-state index is -1.00. The second-order valence-corrected chi connectivity index (χ2v) is 12.6. The van der Waals surface area contributed by atoms with Crippen LogP contribution in [0.15, 0.2) is 42.5 Å². The predicted octanol–water partition coefficient (Wildman–Crippen LogP) is 6.13. The van der Waals surface area contributed by atoms with Crippen molar-refractivity contribution in [3.63, 3.8) is 0 Å². The van der Waals surface area contributed by atoms with Gasteiger partial charge in [0.05, 0.1) is 0 Å². The molecule has 2 unspecified atom stereocenters. The Hall–Kier alpha value is -1.36. The summed E-state index contributed by atoms with van der Waals surface area (Å²) in [6.45, 7) is 5.01. The van der Waals surface area contributed by atoms with Gasteiger partial charge < -0.3 is 15.7 Å². The molecule has 0 spiro atoms. The standard InChI is InChI=1S/C31H44N2O3S2.Li.H/c1-4-38-21-25(18-23-11-6-5-7-12-23)32-20-24-14-15-27(28(19-24)26-13-9-8-10-22(26)2)30(34)33-29(31(35)36)16-17-37-3;;/h8-10,13-15,19,23,25,29,32H,4-7,11-12,16-18,20-21H2,1-3H3,(H,33,34)(H,35,36);;. The van der Waals surface area contributed by atoms with Gasteiger partial charge in [-0.2, -0.15) is 23.5 Å². The molecule has 1 fully saturated rings. The topological polar surface area (TPSA) is 78.4 Å². The summed E-state index contributed by atoms with van der Waals surface area (Å²) in [6.07, 6.45) is 10.4. The monoisotopic (exact) mass is 564 g/mol. The van der Waals surface area contributed by atoms with E-state index >= 15 is 0 Å². The fraction of sp³-hybridized carbons (Fsp3) is 0.548. The molecule has 0 aliphatic heterocycles. The first-order chi connectivity index (χ1) is 18.4. The summed E-state index contributed by atoms with van der Waals surface area (Å²) >= 11 is 3.57. The Balaban J connectivity index is 0.00000533. The van der Waals surface area contributed by atoms with Crippen LogP contribution in [0.25, 0.3) is 11.1 Å². The fourth-order valence-electron chi connectivity index (χ4n) is 5.28. The summed E-state index contributed by atoms with van der Waals surface area (Å²) < 4.78 is 0. The van der Waals surface area contributed by atoms with Crippen molar-refractivity contribution in [2.75, 3.05) is 23.5 Å². The van der Waals surface area contributed by atoms with E-state index < -0.39 is 12.0 Å². The Labute approximate surface area is 255 Å². The number of carbonyl (C=O) groups is 2. The number of rotatable bonds is 15. The number of aryl methyl sites for hydroxylation is 1. The predicted molar refractivity (Wildman–Crippen MR) is 170 cm³/mol. The number of thioether (sulfide) groups is 2. The third-order valence-corrected chi connectivity index (χ3v) is 9.13. The molecule has 0 bridgehead atoms. The molecule has 39 heavy (non-hydrogen) atoms. The van der Waals surface area contributed by atoms with E-state index in [9.17, 15) is 14.7 Å². The first kappa shape index (κ1) is 33.8. The first-order valence-electron chi connectivity index (χ1n) is 14.0. The van der Waals surface area contributed by atoms with Gasteiger partial charge in [0, 0.05) is 23.9 Å². The summed E-state index contributed by atoms with van der Waals surface area (Å²) in [5, 5.41) is 16.2. The molecule has 5 nitrogen and oxygen atoms in total. The maximum absolute atomic E-state index is 13.3. The van der Waals surface area contributed by atoms with Gasteiger partial charge in [-0.15, -0.1) is 0 Å². The van der Waals surface area contributed by atoms with Crippen LogP contribution in [0.1, 0.15) is 73.4 Å². The van der Waals surface area contributed by atoms with Crippen LogP contribution >= 0.6 is 23.5 Å². The molecule has 210 valence electrons. The molecule has 1 amide bonds. The molecule has 0 heterocycles. The zero-order valence-electron chi connectivity index (χ0n) is 23.1. The second kappa shape index (κ2) is 18.1. The van der Waals surface area contributed by atoms with Crippen LogP contribution < -0.4 is 10.6 Å². The molecule has 0 saturated heterocycles. The molecule has 1 aliphatic carbocycles. The summed E-state index contributed by atoms with van der Waals surface area (Å²) in [5.41, 5.74) is 4.57. The van der Waals surface area contributed by atoms with Crippen molar-refractivity contribution in [3.05, 3.63) is 59.2 Å². The van der Waals surface area contributed by atoms with Crippen LogP contribution in [0.5, 0.6) is 0 Å². The number of carboxylic acid groups (broad SMARTS) is 1. The van der Waals surface area contributed by atoms with Crippen LogP contribution in [0.4, 0.5) is 0 Å². The molecular formula is C31H45LiN2O3S2. The molecule has 2 aromatic rings. The Morgan fingerprint density at radius 3 is 2.49 bits per heavy atom. The van der Waals surface area contributed by atoms with Gasteiger partial charge in [0.15, 0.2) is 0 Å². The maximum atomic E-state index is 13.3. The molecule has 0 radical (unpaired) electrons. The third-order valence-electron chi connectivity index (χ3n) is 7.44.